The molecule has 1 aromatic carbocycles. The van der Waals surface area contributed by atoms with Gasteiger partial charge in [0.1, 0.15) is 17.6 Å². The van der Waals surface area contributed by atoms with Crippen LogP contribution in [0.25, 0.3) is 0 Å². The molecular formula is C15H16ClN3O2. The molecule has 1 amide bonds. The molecular weight excluding hydrogens is 290 g/mol. The normalized spacial score (nSPS) is 12.3. The Hall–Kier alpha value is -2.27. The van der Waals surface area contributed by atoms with E-state index in [1.807, 2.05) is 13.0 Å². The van der Waals surface area contributed by atoms with Gasteiger partial charge in [-0.15, -0.1) is 0 Å². The van der Waals surface area contributed by atoms with Crippen molar-refractivity contribution in [2.24, 2.45) is 5.10 Å². The Morgan fingerprint density at radius 2 is 2.00 bits per heavy atom. The van der Waals surface area contributed by atoms with E-state index in [2.05, 4.69) is 15.8 Å². The standard InChI is InChI=1S/C15H16ClN3O2/c1-10-3-8-14(21-10)9-17-19-15(20)11(2)18-13-6-4-12(16)5-7-13/h3-9,11,18H,1-2H3,(H,19,20)/b17-9+. The van der Waals surface area contributed by atoms with Crippen molar-refractivity contribution in [3.63, 3.8) is 0 Å². The highest BCUT2D eigenvalue weighted by atomic mass is 35.5. The van der Waals surface area contributed by atoms with Gasteiger partial charge in [-0.3, -0.25) is 4.79 Å². The van der Waals surface area contributed by atoms with Crippen molar-refractivity contribution in [1.82, 2.24) is 5.43 Å². The van der Waals surface area contributed by atoms with Crippen molar-refractivity contribution < 1.29 is 9.21 Å². The van der Waals surface area contributed by atoms with Crippen molar-refractivity contribution in [3.05, 3.63) is 52.9 Å². The van der Waals surface area contributed by atoms with Crippen LogP contribution in [0.1, 0.15) is 18.4 Å². The quantitative estimate of drug-likeness (QED) is 0.658. The molecule has 1 unspecified atom stereocenters. The summed E-state index contributed by atoms with van der Waals surface area (Å²) >= 11 is 5.80. The molecule has 0 saturated heterocycles. The maximum absolute atomic E-state index is 11.9. The SMILES string of the molecule is Cc1ccc(/C=N/NC(=O)C(C)Nc2ccc(Cl)cc2)o1. The minimum Gasteiger partial charge on any atom is -0.460 e. The highest BCUT2D eigenvalue weighted by Crippen LogP contribution is 2.14. The summed E-state index contributed by atoms with van der Waals surface area (Å²) in [4.78, 5) is 11.9. The summed E-state index contributed by atoms with van der Waals surface area (Å²) < 4.78 is 5.30. The van der Waals surface area contributed by atoms with Crippen LogP contribution in [0.2, 0.25) is 5.02 Å². The molecule has 0 aliphatic carbocycles. The number of nitrogens with zero attached hydrogens (tertiary/aromatic N) is 1. The highest BCUT2D eigenvalue weighted by Gasteiger charge is 2.11. The molecule has 0 spiro atoms. The van der Waals surface area contributed by atoms with E-state index in [0.29, 0.717) is 10.8 Å². The third-order valence-electron chi connectivity index (χ3n) is 2.75. The van der Waals surface area contributed by atoms with Crippen LogP contribution in [0.15, 0.2) is 45.9 Å². The lowest BCUT2D eigenvalue weighted by Gasteiger charge is -2.13. The zero-order valence-electron chi connectivity index (χ0n) is 11.8. The molecule has 2 rings (SSSR count). The number of carbonyl (C=O) groups is 1. The Morgan fingerprint density at radius 1 is 1.29 bits per heavy atom. The van der Waals surface area contributed by atoms with Gasteiger partial charge >= 0.3 is 0 Å². The topological polar surface area (TPSA) is 66.6 Å². The summed E-state index contributed by atoms with van der Waals surface area (Å²) in [6, 6.07) is 10.3. The third-order valence-corrected chi connectivity index (χ3v) is 3.00. The molecule has 6 heteroatoms. The fraction of sp³-hybridized carbons (Fsp3) is 0.200. The molecule has 2 N–H and O–H groups in total. The van der Waals surface area contributed by atoms with Crippen molar-refractivity contribution in [3.8, 4) is 0 Å². The van der Waals surface area contributed by atoms with Gasteiger partial charge in [0.05, 0.1) is 6.21 Å². The van der Waals surface area contributed by atoms with Gasteiger partial charge in [0.15, 0.2) is 0 Å². The molecule has 0 aliphatic heterocycles. The first-order chi connectivity index (χ1) is 10.0. The Balaban J connectivity index is 1.85. The van der Waals surface area contributed by atoms with E-state index in [1.165, 1.54) is 6.21 Å². The van der Waals surface area contributed by atoms with Crippen LogP contribution >= 0.6 is 11.6 Å². The van der Waals surface area contributed by atoms with Crippen LogP contribution < -0.4 is 10.7 Å². The van der Waals surface area contributed by atoms with Gasteiger partial charge in [0, 0.05) is 10.7 Å². The summed E-state index contributed by atoms with van der Waals surface area (Å²) in [5.41, 5.74) is 3.27. The second-order valence-electron chi connectivity index (χ2n) is 4.56. The molecule has 21 heavy (non-hydrogen) atoms. The minimum absolute atomic E-state index is 0.246. The number of hydrogen-bond donors (Lipinski definition) is 2. The van der Waals surface area contributed by atoms with Crippen LogP contribution in [0, 0.1) is 6.92 Å². The highest BCUT2D eigenvalue weighted by molar-refractivity contribution is 6.30. The van der Waals surface area contributed by atoms with Crippen LogP contribution in [-0.4, -0.2) is 18.2 Å². The predicted octanol–water partition coefficient (Wildman–Crippen LogP) is 3.19. The molecule has 1 heterocycles. The number of furan rings is 1. The summed E-state index contributed by atoms with van der Waals surface area (Å²) in [5, 5.41) is 7.55. The number of aryl methyl sites for hydroxylation is 1. The molecule has 0 saturated carbocycles. The zero-order chi connectivity index (χ0) is 15.2. The lowest BCUT2D eigenvalue weighted by atomic mass is 10.2. The third kappa shape index (κ3) is 4.65. The molecule has 110 valence electrons. The van der Waals surface area contributed by atoms with Crippen molar-refractivity contribution in [1.29, 1.82) is 0 Å². The maximum Gasteiger partial charge on any atom is 0.262 e. The average molecular weight is 306 g/mol. The number of carbonyl (C=O) groups excluding carboxylic acids is 1. The van der Waals surface area contributed by atoms with E-state index >= 15 is 0 Å². The number of hydrogen-bond acceptors (Lipinski definition) is 4. The Bertz CT molecular complexity index is 635. The van der Waals surface area contributed by atoms with Gasteiger partial charge < -0.3 is 9.73 Å². The number of anilines is 1. The van der Waals surface area contributed by atoms with Gasteiger partial charge in [0.2, 0.25) is 0 Å². The maximum atomic E-state index is 11.9. The second-order valence-corrected chi connectivity index (χ2v) is 4.99. The molecule has 0 fully saturated rings. The number of halogens is 1. The Morgan fingerprint density at radius 3 is 2.62 bits per heavy atom. The van der Waals surface area contributed by atoms with Gasteiger partial charge in [-0.25, -0.2) is 5.43 Å². The van der Waals surface area contributed by atoms with Gasteiger partial charge in [0.25, 0.3) is 5.91 Å². The van der Waals surface area contributed by atoms with Gasteiger partial charge in [-0.1, -0.05) is 11.6 Å². The lowest BCUT2D eigenvalue weighted by Crippen LogP contribution is -2.34. The number of nitrogens with one attached hydrogen (secondary N) is 2. The van der Waals surface area contributed by atoms with E-state index in [1.54, 1.807) is 37.3 Å². The summed E-state index contributed by atoms with van der Waals surface area (Å²) in [5.74, 6) is 1.14. The summed E-state index contributed by atoms with van der Waals surface area (Å²) in [6.07, 6.45) is 1.46. The fourth-order valence-electron chi connectivity index (χ4n) is 1.64. The van der Waals surface area contributed by atoms with E-state index in [4.69, 9.17) is 16.0 Å². The molecule has 0 aliphatic rings. The first-order valence-electron chi connectivity index (χ1n) is 6.46. The Kier molecular flexibility index (Phi) is 5.00. The first kappa shape index (κ1) is 15.1. The number of amides is 1. The molecule has 5 nitrogen and oxygen atoms in total. The first-order valence-corrected chi connectivity index (χ1v) is 6.84. The van der Waals surface area contributed by atoms with Crippen LogP contribution in [0.4, 0.5) is 5.69 Å². The smallest absolute Gasteiger partial charge is 0.262 e. The number of rotatable bonds is 5. The summed E-state index contributed by atoms with van der Waals surface area (Å²) in [6.45, 7) is 3.59. The number of benzene rings is 1. The second kappa shape index (κ2) is 6.95. The van der Waals surface area contributed by atoms with Crippen molar-refractivity contribution in [2.75, 3.05) is 5.32 Å². The monoisotopic (exact) mass is 305 g/mol. The van der Waals surface area contributed by atoms with Gasteiger partial charge in [-0.05, 0) is 50.2 Å². The predicted molar refractivity (Wildman–Crippen MR) is 83.7 cm³/mol. The fourth-order valence-corrected chi connectivity index (χ4v) is 1.77. The van der Waals surface area contributed by atoms with Crippen LogP contribution in [0.5, 0.6) is 0 Å². The largest absolute Gasteiger partial charge is 0.460 e. The minimum atomic E-state index is -0.429. The molecule has 0 bridgehead atoms. The van der Waals surface area contributed by atoms with E-state index in [-0.39, 0.29) is 5.91 Å². The number of hydrazone groups is 1. The van der Waals surface area contributed by atoms with Crippen LogP contribution in [0.3, 0.4) is 0 Å². The molecule has 2 aromatic rings. The van der Waals surface area contributed by atoms with Crippen molar-refractivity contribution >= 4 is 29.4 Å². The zero-order valence-corrected chi connectivity index (χ0v) is 12.5. The molecule has 1 aromatic heterocycles. The summed E-state index contributed by atoms with van der Waals surface area (Å²) in [7, 11) is 0. The molecule has 1 atom stereocenters. The molecule has 0 radical (unpaired) electrons. The van der Waals surface area contributed by atoms with Crippen molar-refractivity contribution in [2.45, 2.75) is 19.9 Å². The van der Waals surface area contributed by atoms with E-state index in [9.17, 15) is 4.79 Å². The van der Waals surface area contributed by atoms with E-state index in [0.717, 1.165) is 11.4 Å². The van der Waals surface area contributed by atoms with E-state index < -0.39 is 6.04 Å². The Labute approximate surface area is 128 Å². The lowest BCUT2D eigenvalue weighted by molar-refractivity contribution is -0.121. The van der Waals surface area contributed by atoms with Crippen LogP contribution in [-0.2, 0) is 4.79 Å². The average Bonchev–Trinajstić information content (AvgIpc) is 2.87. The van der Waals surface area contributed by atoms with Gasteiger partial charge in [-0.2, -0.15) is 5.10 Å².